The summed E-state index contributed by atoms with van der Waals surface area (Å²) in [5, 5.41) is 0.640. The smallest absolute Gasteiger partial charge is 0.382 e. The molecule has 2 aliphatic heterocycles. The van der Waals surface area contributed by atoms with Gasteiger partial charge in [-0.3, -0.25) is 4.55 Å². The molecule has 1 saturated heterocycles. The summed E-state index contributed by atoms with van der Waals surface area (Å²) in [5.74, 6) is 0. The molecular formula is C8H12N2O6S. The van der Waals surface area contributed by atoms with Crippen molar-refractivity contribution < 1.29 is 26.8 Å². The van der Waals surface area contributed by atoms with Gasteiger partial charge >= 0.3 is 16.4 Å². The maximum Gasteiger partial charge on any atom is 0.418 e. The zero-order chi connectivity index (χ0) is 12.6. The van der Waals surface area contributed by atoms with Crippen LogP contribution in [0.1, 0.15) is 0 Å². The number of ether oxygens (including phenoxy) is 1. The molecule has 1 fully saturated rings. The third-order valence-electron chi connectivity index (χ3n) is 2.59. The second-order valence-corrected chi connectivity index (χ2v) is 4.74. The van der Waals surface area contributed by atoms with Crippen molar-refractivity contribution in [2.75, 3.05) is 20.3 Å². The molecule has 0 saturated carbocycles. The number of hydrogen-bond acceptors (Lipinski definition) is 5. The van der Waals surface area contributed by atoms with Crippen molar-refractivity contribution in [3.63, 3.8) is 0 Å². The second-order valence-electron chi connectivity index (χ2n) is 3.74. The maximum atomic E-state index is 11.8. The van der Waals surface area contributed by atoms with Crippen molar-refractivity contribution in [1.82, 2.24) is 9.96 Å². The first-order chi connectivity index (χ1) is 7.92. The summed E-state index contributed by atoms with van der Waals surface area (Å²) in [5.41, 5.74) is 0. The number of hydroxylamine groups is 2. The zero-order valence-electron chi connectivity index (χ0n) is 9.01. The predicted octanol–water partition coefficient (Wildman–Crippen LogP) is -0.588. The van der Waals surface area contributed by atoms with E-state index in [-0.39, 0.29) is 6.04 Å². The molecule has 0 spiro atoms. The largest absolute Gasteiger partial charge is 0.418 e. The first kappa shape index (κ1) is 12.3. The number of nitrogens with zero attached hydrogens (tertiary/aromatic N) is 2. The molecule has 2 aliphatic rings. The molecule has 2 unspecified atom stereocenters. The highest BCUT2D eigenvalue weighted by Gasteiger charge is 2.44. The molecule has 2 amide bonds. The van der Waals surface area contributed by atoms with Crippen LogP contribution in [0, 0.1) is 0 Å². The van der Waals surface area contributed by atoms with Crippen molar-refractivity contribution in [1.29, 1.82) is 0 Å². The van der Waals surface area contributed by atoms with Crippen LogP contribution in [0.25, 0.3) is 0 Å². The summed E-state index contributed by atoms with van der Waals surface area (Å²) in [6.07, 6.45) is 3.39. The molecule has 0 aromatic heterocycles. The van der Waals surface area contributed by atoms with Gasteiger partial charge in [0.1, 0.15) is 0 Å². The Morgan fingerprint density at radius 3 is 2.82 bits per heavy atom. The summed E-state index contributed by atoms with van der Waals surface area (Å²) in [4.78, 5) is 13.2. The second kappa shape index (κ2) is 4.26. The molecular weight excluding hydrogens is 252 g/mol. The van der Waals surface area contributed by atoms with Crippen LogP contribution in [0.15, 0.2) is 12.2 Å². The maximum absolute atomic E-state index is 11.8. The third-order valence-corrected chi connectivity index (χ3v) is 2.94. The number of carbonyl (C=O) groups excluding carboxylic acids is 1. The van der Waals surface area contributed by atoms with Gasteiger partial charge in [-0.1, -0.05) is 12.2 Å². The summed E-state index contributed by atoms with van der Waals surface area (Å²) in [6.45, 7) is 0.619. The Morgan fingerprint density at radius 2 is 2.24 bits per heavy atom. The molecule has 2 heterocycles. The number of urea groups is 1. The lowest BCUT2D eigenvalue weighted by molar-refractivity contribution is -0.0188. The highest BCUT2D eigenvalue weighted by molar-refractivity contribution is 7.80. The summed E-state index contributed by atoms with van der Waals surface area (Å²) < 4.78 is 38.9. The Morgan fingerprint density at radius 1 is 1.53 bits per heavy atom. The van der Waals surface area contributed by atoms with Crippen LogP contribution in [-0.2, 0) is 19.4 Å². The minimum Gasteiger partial charge on any atom is -0.382 e. The number of carbonyl (C=O) groups is 1. The average molecular weight is 264 g/mol. The zero-order valence-corrected chi connectivity index (χ0v) is 9.83. The third kappa shape index (κ3) is 2.41. The molecule has 2 bridgehead atoms. The van der Waals surface area contributed by atoms with Gasteiger partial charge in [0.2, 0.25) is 0 Å². The summed E-state index contributed by atoms with van der Waals surface area (Å²) in [6, 6.07) is -1.38. The highest BCUT2D eigenvalue weighted by Crippen LogP contribution is 2.25. The van der Waals surface area contributed by atoms with E-state index in [1.807, 2.05) is 0 Å². The van der Waals surface area contributed by atoms with E-state index in [0.717, 1.165) is 0 Å². The number of amides is 2. The van der Waals surface area contributed by atoms with E-state index in [1.54, 1.807) is 12.2 Å². The van der Waals surface area contributed by atoms with Gasteiger partial charge < -0.3 is 9.64 Å². The summed E-state index contributed by atoms with van der Waals surface area (Å²) >= 11 is 0. The molecule has 17 heavy (non-hydrogen) atoms. The van der Waals surface area contributed by atoms with Crippen molar-refractivity contribution in [2.45, 2.75) is 12.1 Å². The van der Waals surface area contributed by atoms with E-state index in [9.17, 15) is 13.2 Å². The molecule has 96 valence electrons. The lowest BCUT2D eigenvalue weighted by atomic mass is 10.1. The fourth-order valence-corrected chi connectivity index (χ4v) is 2.28. The molecule has 0 aliphatic carbocycles. The Bertz CT molecular complexity index is 447. The molecule has 9 heteroatoms. The van der Waals surface area contributed by atoms with E-state index in [2.05, 4.69) is 4.28 Å². The van der Waals surface area contributed by atoms with E-state index >= 15 is 0 Å². The van der Waals surface area contributed by atoms with Gasteiger partial charge in [-0.15, -0.1) is 4.28 Å². The van der Waals surface area contributed by atoms with Crippen LogP contribution in [0.3, 0.4) is 0 Å². The Hall–Kier alpha value is -1.16. The lowest BCUT2D eigenvalue weighted by Gasteiger charge is -2.25. The van der Waals surface area contributed by atoms with Gasteiger partial charge in [-0.05, 0) is 0 Å². The number of rotatable bonds is 4. The van der Waals surface area contributed by atoms with E-state index in [1.165, 1.54) is 12.0 Å². The van der Waals surface area contributed by atoms with Crippen LogP contribution in [0.2, 0.25) is 0 Å². The first-order valence-electron chi connectivity index (χ1n) is 4.86. The fraction of sp³-hybridized carbons (Fsp3) is 0.625. The fourth-order valence-electron chi connectivity index (χ4n) is 1.90. The molecule has 8 nitrogen and oxygen atoms in total. The van der Waals surface area contributed by atoms with Gasteiger partial charge in [0.25, 0.3) is 0 Å². The molecule has 2 atom stereocenters. The van der Waals surface area contributed by atoms with Crippen LogP contribution in [0.5, 0.6) is 0 Å². The van der Waals surface area contributed by atoms with Crippen molar-refractivity contribution in [3.8, 4) is 0 Å². The normalized spacial score (nSPS) is 28.0. The number of methoxy groups -OCH3 is 1. The van der Waals surface area contributed by atoms with Crippen molar-refractivity contribution >= 4 is 16.4 Å². The first-order valence-corrected chi connectivity index (χ1v) is 6.23. The van der Waals surface area contributed by atoms with Crippen LogP contribution in [-0.4, -0.2) is 61.3 Å². The number of fused-ring (bicyclic) bond motifs is 2. The van der Waals surface area contributed by atoms with Gasteiger partial charge in [0, 0.05) is 13.7 Å². The van der Waals surface area contributed by atoms with E-state index in [4.69, 9.17) is 9.29 Å². The SMILES string of the molecule is COCC1C=CC2CN1C(=O)N2OS(=O)(=O)O. The molecule has 2 rings (SSSR count). The van der Waals surface area contributed by atoms with E-state index in [0.29, 0.717) is 18.2 Å². The predicted molar refractivity (Wildman–Crippen MR) is 55.2 cm³/mol. The molecule has 0 aromatic carbocycles. The molecule has 0 radical (unpaired) electrons. The average Bonchev–Trinajstić information content (AvgIpc) is 2.46. The Balaban J connectivity index is 2.16. The summed E-state index contributed by atoms with van der Waals surface area (Å²) in [7, 11) is -3.19. The van der Waals surface area contributed by atoms with Gasteiger partial charge in [-0.25, -0.2) is 4.79 Å². The molecule has 0 aromatic rings. The molecule has 1 N–H and O–H groups in total. The van der Waals surface area contributed by atoms with Crippen molar-refractivity contribution in [3.05, 3.63) is 12.2 Å². The Labute approximate surface area is 98.3 Å². The van der Waals surface area contributed by atoms with Crippen molar-refractivity contribution in [2.24, 2.45) is 0 Å². The van der Waals surface area contributed by atoms with Gasteiger partial charge in [-0.2, -0.15) is 13.5 Å². The minimum absolute atomic E-state index is 0.251. The highest BCUT2D eigenvalue weighted by atomic mass is 32.3. The number of hydrogen-bond donors (Lipinski definition) is 1. The van der Waals surface area contributed by atoms with Crippen LogP contribution >= 0.6 is 0 Å². The van der Waals surface area contributed by atoms with E-state index < -0.39 is 22.5 Å². The van der Waals surface area contributed by atoms with Gasteiger partial charge in [0.05, 0.1) is 18.7 Å². The van der Waals surface area contributed by atoms with Crippen LogP contribution < -0.4 is 0 Å². The van der Waals surface area contributed by atoms with Gasteiger partial charge in [0.15, 0.2) is 0 Å². The minimum atomic E-state index is -4.70. The Kier molecular flexibility index (Phi) is 3.08. The van der Waals surface area contributed by atoms with Crippen LogP contribution in [0.4, 0.5) is 4.79 Å². The quantitative estimate of drug-likeness (QED) is 0.538. The standard InChI is InChI=1S/C8H12N2O6S/c1-15-5-7-3-2-6-4-9(7)8(11)10(6)16-17(12,13)14/h2-3,6-7H,4-5H2,1H3,(H,12,13,14). The topological polar surface area (TPSA) is 96.4 Å². The monoisotopic (exact) mass is 264 g/mol. The lowest BCUT2D eigenvalue weighted by Crippen LogP contribution is -2.40.